The molecule has 2 aliphatic rings. The minimum Gasteiger partial charge on any atom is -0.365 e. The Labute approximate surface area is 180 Å². The van der Waals surface area contributed by atoms with Gasteiger partial charge in [0.2, 0.25) is 5.91 Å². The number of benzene rings is 1. The van der Waals surface area contributed by atoms with Crippen molar-refractivity contribution in [3.8, 4) is 0 Å². The van der Waals surface area contributed by atoms with Crippen molar-refractivity contribution in [3.05, 3.63) is 34.3 Å². The highest BCUT2D eigenvalue weighted by molar-refractivity contribution is 9.10. The van der Waals surface area contributed by atoms with Gasteiger partial charge in [0.15, 0.2) is 5.78 Å². The van der Waals surface area contributed by atoms with Gasteiger partial charge in [0.25, 0.3) is 0 Å². The van der Waals surface area contributed by atoms with Gasteiger partial charge in [0, 0.05) is 4.47 Å². The Balaban J connectivity index is 1.88. The van der Waals surface area contributed by atoms with E-state index in [1.807, 2.05) is 0 Å². The Morgan fingerprint density at radius 2 is 1.93 bits per heavy atom. The van der Waals surface area contributed by atoms with E-state index < -0.39 is 48.3 Å². The van der Waals surface area contributed by atoms with E-state index in [4.69, 9.17) is 4.74 Å². The van der Waals surface area contributed by atoms with Gasteiger partial charge in [0.1, 0.15) is 31.0 Å². The Hall–Kier alpha value is -1.52. The van der Waals surface area contributed by atoms with Crippen molar-refractivity contribution in [2.75, 3.05) is 13.2 Å². The number of fused-ring (bicyclic) bond motifs is 1. The minimum absolute atomic E-state index is 0.0461. The van der Waals surface area contributed by atoms with Gasteiger partial charge >= 0.3 is 6.18 Å². The SMILES string of the molecule is CC(C)C[C@H](N[C@@H](c1ccc(Br)cc1)C(F)(F)F)C(=O)N1C[C@H](F)[C@H]2OCC(=O)[C@H]21. The number of amides is 1. The zero-order chi connectivity index (χ0) is 22.2. The van der Waals surface area contributed by atoms with Crippen LogP contribution in [-0.2, 0) is 14.3 Å². The lowest BCUT2D eigenvalue weighted by molar-refractivity contribution is -0.163. The van der Waals surface area contributed by atoms with Crippen LogP contribution in [0.2, 0.25) is 0 Å². The summed E-state index contributed by atoms with van der Waals surface area (Å²) in [5.74, 6) is -1.26. The van der Waals surface area contributed by atoms with Crippen molar-refractivity contribution in [3.63, 3.8) is 0 Å². The van der Waals surface area contributed by atoms with E-state index in [1.165, 1.54) is 24.3 Å². The van der Waals surface area contributed by atoms with Crippen LogP contribution >= 0.6 is 15.9 Å². The maximum absolute atomic E-state index is 14.3. The second kappa shape index (κ2) is 8.92. The van der Waals surface area contributed by atoms with Crippen molar-refractivity contribution in [1.82, 2.24) is 10.2 Å². The summed E-state index contributed by atoms with van der Waals surface area (Å²) < 4.78 is 61.6. The molecule has 1 aromatic carbocycles. The molecule has 166 valence electrons. The summed E-state index contributed by atoms with van der Waals surface area (Å²) >= 11 is 3.19. The summed E-state index contributed by atoms with van der Waals surface area (Å²) in [5.41, 5.74) is -0.0461. The lowest BCUT2D eigenvalue weighted by atomic mass is 9.98. The number of hydrogen-bond acceptors (Lipinski definition) is 4. The van der Waals surface area contributed by atoms with Gasteiger partial charge in [-0.25, -0.2) is 4.39 Å². The zero-order valence-corrected chi connectivity index (χ0v) is 18.0. The summed E-state index contributed by atoms with van der Waals surface area (Å²) in [4.78, 5) is 26.3. The van der Waals surface area contributed by atoms with Crippen LogP contribution in [0.5, 0.6) is 0 Å². The Morgan fingerprint density at radius 3 is 2.50 bits per heavy atom. The van der Waals surface area contributed by atoms with Crippen molar-refractivity contribution < 1.29 is 31.9 Å². The Bertz CT molecular complexity index is 787. The zero-order valence-electron chi connectivity index (χ0n) is 16.5. The van der Waals surface area contributed by atoms with E-state index in [0.29, 0.717) is 4.47 Å². The fraction of sp³-hybridized carbons (Fsp3) is 0.600. The number of ketones is 1. The van der Waals surface area contributed by atoms with Gasteiger partial charge in [-0.1, -0.05) is 41.9 Å². The van der Waals surface area contributed by atoms with Crippen LogP contribution in [0.15, 0.2) is 28.7 Å². The molecule has 0 aromatic heterocycles. The molecule has 2 saturated heterocycles. The molecule has 2 aliphatic heterocycles. The molecule has 5 nitrogen and oxygen atoms in total. The number of rotatable bonds is 6. The Kier molecular flexibility index (Phi) is 6.88. The fourth-order valence-electron chi connectivity index (χ4n) is 3.97. The van der Waals surface area contributed by atoms with Gasteiger partial charge in [-0.2, -0.15) is 13.2 Å². The van der Waals surface area contributed by atoms with Crippen LogP contribution in [0.25, 0.3) is 0 Å². The standard InChI is InChI=1S/C20H23BrF4N2O3/c1-10(2)7-14(19(29)27-8-13(22)17-16(27)15(28)9-30-17)26-18(20(23,24)25)11-3-5-12(21)6-4-11/h3-6,10,13-14,16-18,26H,7-9H2,1-2H3/t13-,14-,16+,17+,18-/m0/s1. The number of halogens is 5. The number of nitrogens with one attached hydrogen (secondary N) is 1. The maximum atomic E-state index is 14.3. The molecule has 0 radical (unpaired) electrons. The molecule has 2 fully saturated rings. The largest absolute Gasteiger partial charge is 0.407 e. The third-order valence-electron chi connectivity index (χ3n) is 5.31. The number of carbonyl (C=O) groups excluding carboxylic acids is 2. The van der Waals surface area contributed by atoms with Gasteiger partial charge in [-0.05, 0) is 30.0 Å². The summed E-state index contributed by atoms with van der Waals surface area (Å²) in [6, 6.07) is 1.22. The number of likely N-dealkylation sites (tertiary alicyclic amines) is 1. The highest BCUT2D eigenvalue weighted by Gasteiger charge is 2.54. The highest BCUT2D eigenvalue weighted by Crippen LogP contribution is 2.35. The molecule has 10 heteroatoms. The summed E-state index contributed by atoms with van der Waals surface area (Å²) in [7, 11) is 0. The van der Waals surface area contributed by atoms with Crippen molar-refractivity contribution in [1.29, 1.82) is 0 Å². The van der Waals surface area contributed by atoms with Crippen molar-refractivity contribution in [2.45, 2.75) is 56.8 Å². The minimum atomic E-state index is -4.66. The third-order valence-corrected chi connectivity index (χ3v) is 5.84. The molecule has 1 N–H and O–H groups in total. The van der Waals surface area contributed by atoms with E-state index in [2.05, 4.69) is 21.2 Å². The molecule has 0 spiro atoms. The number of carbonyl (C=O) groups is 2. The monoisotopic (exact) mass is 494 g/mol. The first-order valence-electron chi connectivity index (χ1n) is 9.66. The van der Waals surface area contributed by atoms with E-state index in [-0.39, 0.29) is 31.1 Å². The summed E-state index contributed by atoms with van der Waals surface area (Å²) in [6.45, 7) is 2.88. The molecule has 2 heterocycles. The average molecular weight is 495 g/mol. The molecule has 5 atom stereocenters. The van der Waals surface area contributed by atoms with Gasteiger partial charge in [-0.15, -0.1) is 0 Å². The molecule has 1 aromatic rings. The molecule has 0 aliphatic carbocycles. The first-order valence-corrected chi connectivity index (χ1v) is 10.5. The smallest absolute Gasteiger partial charge is 0.365 e. The number of ether oxygens (including phenoxy) is 1. The molecule has 1 amide bonds. The normalized spacial score (nSPS) is 26.2. The second-order valence-corrected chi connectivity index (χ2v) is 8.98. The molecular weight excluding hydrogens is 472 g/mol. The van der Waals surface area contributed by atoms with Crippen LogP contribution in [-0.4, -0.2) is 60.3 Å². The quantitative estimate of drug-likeness (QED) is 0.614. The van der Waals surface area contributed by atoms with Crippen LogP contribution in [0.4, 0.5) is 17.6 Å². The number of Topliss-reactive ketones (excluding diaryl/α,β-unsaturated/α-hetero) is 1. The van der Waals surface area contributed by atoms with Crippen LogP contribution in [0.1, 0.15) is 31.9 Å². The fourth-order valence-corrected chi connectivity index (χ4v) is 4.24. The number of nitrogens with zero attached hydrogens (tertiary/aromatic N) is 1. The first kappa shape index (κ1) is 23.1. The van der Waals surface area contributed by atoms with E-state index in [9.17, 15) is 27.2 Å². The Morgan fingerprint density at radius 1 is 1.30 bits per heavy atom. The lowest BCUT2D eigenvalue weighted by Gasteiger charge is -2.32. The van der Waals surface area contributed by atoms with Gasteiger partial charge < -0.3 is 9.64 Å². The maximum Gasteiger partial charge on any atom is 0.407 e. The number of hydrogen-bond donors (Lipinski definition) is 1. The molecular formula is C20H23BrF4N2O3. The molecule has 30 heavy (non-hydrogen) atoms. The summed E-state index contributed by atoms with van der Waals surface area (Å²) in [5, 5.41) is 2.44. The van der Waals surface area contributed by atoms with Crippen LogP contribution in [0, 0.1) is 5.92 Å². The van der Waals surface area contributed by atoms with E-state index in [0.717, 1.165) is 4.90 Å². The average Bonchev–Trinajstić information content (AvgIpc) is 3.19. The second-order valence-electron chi connectivity index (χ2n) is 8.07. The topological polar surface area (TPSA) is 58.6 Å². The predicted molar refractivity (Wildman–Crippen MR) is 104 cm³/mol. The molecule has 0 saturated carbocycles. The van der Waals surface area contributed by atoms with Crippen molar-refractivity contribution >= 4 is 27.6 Å². The summed E-state index contributed by atoms with van der Waals surface area (Å²) in [6.07, 6.45) is -7.16. The van der Waals surface area contributed by atoms with Gasteiger partial charge in [-0.3, -0.25) is 14.9 Å². The first-order chi connectivity index (χ1) is 14.0. The third kappa shape index (κ3) is 4.86. The van der Waals surface area contributed by atoms with Crippen LogP contribution in [0.3, 0.4) is 0 Å². The van der Waals surface area contributed by atoms with E-state index in [1.54, 1.807) is 13.8 Å². The lowest BCUT2D eigenvalue weighted by Crippen LogP contribution is -2.53. The number of alkyl halides is 4. The van der Waals surface area contributed by atoms with Crippen LogP contribution < -0.4 is 5.32 Å². The predicted octanol–water partition coefficient (Wildman–Crippen LogP) is 3.57. The molecule has 3 rings (SSSR count). The van der Waals surface area contributed by atoms with Crippen molar-refractivity contribution in [2.24, 2.45) is 5.92 Å². The highest BCUT2D eigenvalue weighted by atomic mass is 79.9. The van der Waals surface area contributed by atoms with E-state index >= 15 is 0 Å². The van der Waals surface area contributed by atoms with Gasteiger partial charge in [0.05, 0.1) is 12.6 Å². The molecule has 0 unspecified atom stereocenters. The molecule has 0 bridgehead atoms.